The Morgan fingerprint density at radius 2 is 2.20 bits per heavy atom. The molecule has 0 aliphatic heterocycles. The Morgan fingerprint density at radius 3 is 2.73 bits per heavy atom. The van der Waals surface area contributed by atoms with Crippen molar-refractivity contribution in [2.75, 3.05) is 23.8 Å². The molecule has 4 nitrogen and oxygen atoms in total. The molecule has 84 valence electrons. The molecule has 0 aliphatic carbocycles. The maximum absolute atomic E-state index is 9.00. The van der Waals surface area contributed by atoms with Gasteiger partial charge in [0.05, 0.1) is 12.3 Å². The average molecular weight is 209 g/mol. The van der Waals surface area contributed by atoms with Crippen LogP contribution in [0.5, 0.6) is 0 Å². The summed E-state index contributed by atoms with van der Waals surface area (Å²) in [6, 6.07) is 2.16. The van der Waals surface area contributed by atoms with Crippen LogP contribution in [0.3, 0.4) is 0 Å². The van der Waals surface area contributed by atoms with Crippen LogP contribution in [-0.2, 0) is 0 Å². The Hall–Kier alpha value is -1.29. The minimum absolute atomic E-state index is 0.104. The van der Waals surface area contributed by atoms with Crippen LogP contribution >= 0.6 is 0 Å². The minimum Gasteiger partial charge on any atom is -0.396 e. The molecular formula is C11H19N3O. The van der Waals surface area contributed by atoms with Gasteiger partial charge in [0, 0.05) is 18.8 Å². The monoisotopic (exact) mass is 209 g/mol. The second-order valence-corrected chi connectivity index (χ2v) is 3.88. The molecule has 0 bridgehead atoms. The first-order valence-electron chi connectivity index (χ1n) is 5.16. The summed E-state index contributed by atoms with van der Waals surface area (Å²) in [5.74, 6) is 0.763. The SMILES string of the molecule is Cc1ccnc(N(CCO)C(C)C)c1N. The van der Waals surface area contributed by atoms with Crippen molar-refractivity contribution in [2.45, 2.75) is 26.8 Å². The van der Waals surface area contributed by atoms with Gasteiger partial charge in [-0.15, -0.1) is 0 Å². The lowest BCUT2D eigenvalue weighted by Crippen LogP contribution is -2.34. The Bertz CT molecular complexity index is 326. The molecule has 0 unspecified atom stereocenters. The Kier molecular flexibility index (Phi) is 3.91. The first-order chi connectivity index (χ1) is 7.07. The fourth-order valence-corrected chi connectivity index (χ4v) is 1.50. The van der Waals surface area contributed by atoms with Crippen molar-refractivity contribution in [1.29, 1.82) is 0 Å². The summed E-state index contributed by atoms with van der Waals surface area (Å²) in [5.41, 5.74) is 7.68. The van der Waals surface area contributed by atoms with Gasteiger partial charge in [-0.2, -0.15) is 0 Å². The summed E-state index contributed by atoms with van der Waals surface area (Å²) < 4.78 is 0. The van der Waals surface area contributed by atoms with E-state index in [1.165, 1.54) is 0 Å². The standard InChI is InChI=1S/C11H19N3O/c1-8(2)14(6-7-15)11-10(12)9(3)4-5-13-11/h4-5,8,15H,6-7,12H2,1-3H3. The highest BCUT2D eigenvalue weighted by Crippen LogP contribution is 2.24. The lowest BCUT2D eigenvalue weighted by molar-refractivity contribution is 0.298. The van der Waals surface area contributed by atoms with Gasteiger partial charge in [0.25, 0.3) is 0 Å². The van der Waals surface area contributed by atoms with E-state index in [0.717, 1.165) is 11.4 Å². The molecule has 1 rings (SSSR count). The van der Waals surface area contributed by atoms with Crippen molar-refractivity contribution >= 4 is 11.5 Å². The second-order valence-electron chi connectivity index (χ2n) is 3.88. The Balaban J connectivity index is 3.05. The summed E-state index contributed by atoms with van der Waals surface area (Å²) in [5, 5.41) is 9.00. The molecule has 15 heavy (non-hydrogen) atoms. The molecule has 0 saturated carbocycles. The number of pyridine rings is 1. The van der Waals surface area contributed by atoms with E-state index in [0.29, 0.717) is 12.2 Å². The molecule has 0 aliphatic rings. The van der Waals surface area contributed by atoms with Crippen molar-refractivity contribution in [3.63, 3.8) is 0 Å². The number of nitrogens with zero attached hydrogens (tertiary/aromatic N) is 2. The fraction of sp³-hybridized carbons (Fsp3) is 0.545. The van der Waals surface area contributed by atoms with E-state index in [-0.39, 0.29) is 12.6 Å². The molecule has 0 radical (unpaired) electrons. The quantitative estimate of drug-likeness (QED) is 0.781. The number of aryl methyl sites for hydroxylation is 1. The summed E-state index contributed by atoms with van der Waals surface area (Å²) >= 11 is 0. The van der Waals surface area contributed by atoms with Gasteiger partial charge in [-0.25, -0.2) is 4.98 Å². The van der Waals surface area contributed by atoms with Crippen LogP contribution in [0.2, 0.25) is 0 Å². The number of hydrogen-bond acceptors (Lipinski definition) is 4. The number of aliphatic hydroxyl groups is 1. The largest absolute Gasteiger partial charge is 0.396 e. The molecule has 1 heterocycles. The smallest absolute Gasteiger partial charge is 0.152 e. The number of nitrogen functional groups attached to an aromatic ring is 1. The molecule has 0 aromatic carbocycles. The number of rotatable bonds is 4. The van der Waals surface area contributed by atoms with E-state index in [1.54, 1.807) is 6.20 Å². The maximum atomic E-state index is 9.00. The number of aromatic nitrogens is 1. The van der Waals surface area contributed by atoms with Gasteiger partial charge in [0.1, 0.15) is 0 Å². The summed E-state index contributed by atoms with van der Waals surface area (Å²) in [6.07, 6.45) is 1.74. The van der Waals surface area contributed by atoms with E-state index in [2.05, 4.69) is 18.8 Å². The van der Waals surface area contributed by atoms with Gasteiger partial charge in [-0.05, 0) is 32.4 Å². The normalized spacial score (nSPS) is 10.7. The fourth-order valence-electron chi connectivity index (χ4n) is 1.50. The number of nitrogens with two attached hydrogens (primary N) is 1. The summed E-state index contributed by atoms with van der Waals surface area (Å²) in [6.45, 7) is 6.72. The second kappa shape index (κ2) is 4.98. The molecule has 0 saturated heterocycles. The average Bonchev–Trinajstić information content (AvgIpc) is 2.19. The summed E-state index contributed by atoms with van der Waals surface area (Å²) in [7, 11) is 0. The maximum Gasteiger partial charge on any atom is 0.152 e. The van der Waals surface area contributed by atoms with Gasteiger partial charge >= 0.3 is 0 Å². The van der Waals surface area contributed by atoms with Gasteiger partial charge < -0.3 is 15.7 Å². The van der Waals surface area contributed by atoms with Gasteiger partial charge in [-0.3, -0.25) is 0 Å². The van der Waals surface area contributed by atoms with Crippen LogP contribution in [0.15, 0.2) is 12.3 Å². The third kappa shape index (κ3) is 2.59. The minimum atomic E-state index is 0.104. The lowest BCUT2D eigenvalue weighted by atomic mass is 10.2. The molecule has 0 spiro atoms. The van der Waals surface area contributed by atoms with Crippen LogP contribution in [0.25, 0.3) is 0 Å². The zero-order valence-corrected chi connectivity index (χ0v) is 9.57. The predicted octanol–water partition coefficient (Wildman–Crippen LogP) is 1.18. The van der Waals surface area contributed by atoms with Gasteiger partial charge in [0.15, 0.2) is 5.82 Å². The highest BCUT2D eigenvalue weighted by atomic mass is 16.3. The predicted molar refractivity (Wildman–Crippen MR) is 63.0 cm³/mol. The number of aliphatic hydroxyl groups excluding tert-OH is 1. The molecular weight excluding hydrogens is 190 g/mol. The van der Waals surface area contributed by atoms with E-state index >= 15 is 0 Å². The number of hydrogen-bond donors (Lipinski definition) is 2. The van der Waals surface area contributed by atoms with Crippen LogP contribution in [0.4, 0.5) is 11.5 Å². The van der Waals surface area contributed by atoms with Crippen molar-refractivity contribution in [1.82, 2.24) is 4.98 Å². The van der Waals surface area contributed by atoms with Crippen molar-refractivity contribution in [3.8, 4) is 0 Å². The molecule has 4 heteroatoms. The van der Waals surface area contributed by atoms with Crippen molar-refractivity contribution < 1.29 is 5.11 Å². The molecule has 0 fully saturated rings. The Morgan fingerprint density at radius 1 is 1.53 bits per heavy atom. The number of anilines is 2. The zero-order chi connectivity index (χ0) is 11.4. The van der Waals surface area contributed by atoms with Gasteiger partial charge in [0.2, 0.25) is 0 Å². The van der Waals surface area contributed by atoms with E-state index in [9.17, 15) is 0 Å². The first kappa shape index (κ1) is 11.8. The molecule has 3 N–H and O–H groups in total. The highest BCUT2D eigenvalue weighted by molar-refractivity contribution is 5.66. The van der Waals surface area contributed by atoms with Crippen LogP contribution < -0.4 is 10.6 Å². The van der Waals surface area contributed by atoms with Crippen LogP contribution in [-0.4, -0.2) is 29.3 Å². The molecule has 0 amide bonds. The van der Waals surface area contributed by atoms with Crippen LogP contribution in [0, 0.1) is 6.92 Å². The third-order valence-corrected chi connectivity index (χ3v) is 2.42. The van der Waals surface area contributed by atoms with E-state index in [1.807, 2.05) is 17.9 Å². The van der Waals surface area contributed by atoms with Crippen molar-refractivity contribution in [2.24, 2.45) is 0 Å². The topological polar surface area (TPSA) is 62.4 Å². The highest BCUT2D eigenvalue weighted by Gasteiger charge is 2.14. The first-order valence-corrected chi connectivity index (χ1v) is 5.16. The third-order valence-electron chi connectivity index (χ3n) is 2.42. The van der Waals surface area contributed by atoms with Crippen molar-refractivity contribution in [3.05, 3.63) is 17.8 Å². The lowest BCUT2D eigenvalue weighted by Gasteiger charge is -2.28. The van der Waals surface area contributed by atoms with E-state index < -0.39 is 0 Å². The summed E-state index contributed by atoms with van der Waals surface area (Å²) in [4.78, 5) is 6.27. The molecule has 1 aromatic heterocycles. The molecule has 1 aromatic rings. The molecule has 0 atom stereocenters. The van der Waals surface area contributed by atoms with E-state index in [4.69, 9.17) is 10.8 Å². The van der Waals surface area contributed by atoms with Crippen LogP contribution in [0.1, 0.15) is 19.4 Å². The Labute approximate surface area is 90.7 Å². The van der Waals surface area contributed by atoms with Gasteiger partial charge in [-0.1, -0.05) is 0 Å². The zero-order valence-electron chi connectivity index (χ0n) is 9.57.